The molecule has 0 unspecified atom stereocenters. The molecule has 7 rings (SSSR count). The van der Waals surface area contributed by atoms with E-state index in [1.54, 1.807) is 17.0 Å². The molecule has 0 aliphatic carbocycles. The molecule has 206 valence electrons. The minimum atomic E-state index is -4.84. The Labute approximate surface area is 228 Å². The number of amides is 1. The Balaban J connectivity index is 1.31. The largest absolute Gasteiger partial charge is 0.573 e. The van der Waals surface area contributed by atoms with E-state index >= 15 is 0 Å². The molecule has 6 aromatic rings. The molecule has 0 saturated carbocycles. The van der Waals surface area contributed by atoms with Gasteiger partial charge in [0.15, 0.2) is 11.1 Å². The number of carbonyl (C=O) groups excluding carboxylic acids is 1. The van der Waals surface area contributed by atoms with Crippen molar-refractivity contribution in [3.8, 4) is 11.5 Å². The molecular formula is C28H20F3N7O3. The number of phenolic OH excluding ortho intramolecular Hbond substituents is 1. The van der Waals surface area contributed by atoms with Crippen molar-refractivity contribution in [1.29, 1.82) is 5.41 Å². The number of fused-ring (bicyclic) bond motifs is 5. The highest BCUT2D eigenvalue weighted by molar-refractivity contribution is 6.11. The molecule has 0 spiro atoms. The van der Waals surface area contributed by atoms with Crippen molar-refractivity contribution in [2.75, 3.05) is 11.4 Å². The van der Waals surface area contributed by atoms with E-state index in [2.05, 4.69) is 24.7 Å². The maximum atomic E-state index is 13.9. The molecule has 0 fully saturated rings. The summed E-state index contributed by atoms with van der Waals surface area (Å²) in [4.78, 5) is 29.9. The highest BCUT2D eigenvalue weighted by atomic mass is 19.4. The highest BCUT2D eigenvalue weighted by Gasteiger charge is 2.36. The van der Waals surface area contributed by atoms with Gasteiger partial charge in [0.25, 0.3) is 5.91 Å². The van der Waals surface area contributed by atoms with Crippen LogP contribution in [-0.2, 0) is 6.54 Å². The van der Waals surface area contributed by atoms with E-state index in [1.165, 1.54) is 36.9 Å². The molecule has 13 heteroatoms. The van der Waals surface area contributed by atoms with Crippen LogP contribution >= 0.6 is 0 Å². The standard InChI is InChI=1S/C28H20F3N7O3/c29-28(30,31)41-16-5-6-19-14(7-16)8-20(36-19)27(40)38-11-15(10-37-13-35-25(32)24-26(37)34-12-33-24)23-18-4-2-1-3-17(18)22(39)9-21(23)38/h1-9,12-13,15,32,36,39H,10-11H2,(H,33,34)/t15-/m1/s1. The van der Waals surface area contributed by atoms with E-state index < -0.39 is 12.3 Å². The Morgan fingerprint density at radius 1 is 1.12 bits per heavy atom. The number of hydrogen-bond donors (Lipinski definition) is 4. The molecule has 10 nitrogen and oxygen atoms in total. The molecule has 0 bridgehead atoms. The first-order chi connectivity index (χ1) is 19.7. The maximum absolute atomic E-state index is 13.9. The summed E-state index contributed by atoms with van der Waals surface area (Å²) in [6, 6.07) is 14.2. The number of aromatic hydroxyl groups is 1. The number of hydrogen-bond acceptors (Lipinski definition) is 6. The third kappa shape index (κ3) is 4.13. The second-order valence-corrected chi connectivity index (χ2v) is 9.81. The third-order valence-electron chi connectivity index (χ3n) is 7.32. The fraction of sp³-hybridized carbons (Fsp3) is 0.143. The van der Waals surface area contributed by atoms with Crippen LogP contribution in [0.5, 0.6) is 11.5 Å². The van der Waals surface area contributed by atoms with Crippen LogP contribution in [0, 0.1) is 5.41 Å². The quantitative estimate of drug-likeness (QED) is 0.243. The number of ether oxygens (including phenoxy) is 1. The van der Waals surface area contributed by atoms with Gasteiger partial charge in [-0.2, -0.15) is 0 Å². The topological polar surface area (TPSA) is 136 Å². The second kappa shape index (κ2) is 8.84. The van der Waals surface area contributed by atoms with Crippen molar-refractivity contribution in [2.24, 2.45) is 0 Å². The van der Waals surface area contributed by atoms with Gasteiger partial charge in [-0.05, 0) is 35.2 Å². The van der Waals surface area contributed by atoms with Gasteiger partial charge in [0.2, 0.25) is 0 Å². The Morgan fingerprint density at radius 3 is 2.73 bits per heavy atom. The summed E-state index contributed by atoms with van der Waals surface area (Å²) in [7, 11) is 0. The van der Waals surface area contributed by atoms with Crippen LogP contribution in [0.2, 0.25) is 0 Å². The smallest absolute Gasteiger partial charge is 0.507 e. The van der Waals surface area contributed by atoms with Crippen LogP contribution in [0.4, 0.5) is 18.9 Å². The number of nitrogens with zero attached hydrogens (tertiary/aromatic N) is 4. The minimum absolute atomic E-state index is 0.0194. The van der Waals surface area contributed by atoms with Gasteiger partial charge in [-0.15, -0.1) is 13.2 Å². The molecule has 3 aromatic carbocycles. The molecule has 1 aliphatic heterocycles. The number of halogens is 3. The first-order valence-corrected chi connectivity index (χ1v) is 12.5. The monoisotopic (exact) mass is 559 g/mol. The van der Waals surface area contributed by atoms with Crippen LogP contribution in [0.25, 0.3) is 32.8 Å². The van der Waals surface area contributed by atoms with Gasteiger partial charge in [-0.1, -0.05) is 24.3 Å². The lowest BCUT2D eigenvalue weighted by atomic mass is 9.94. The molecular weight excluding hydrogens is 539 g/mol. The summed E-state index contributed by atoms with van der Waals surface area (Å²) >= 11 is 0. The fourth-order valence-corrected chi connectivity index (χ4v) is 5.63. The van der Waals surface area contributed by atoms with Crippen LogP contribution in [0.1, 0.15) is 22.0 Å². The van der Waals surface area contributed by atoms with Crippen molar-refractivity contribution < 1.29 is 27.8 Å². The summed E-state index contributed by atoms with van der Waals surface area (Å²) in [6.07, 6.45) is -1.80. The van der Waals surface area contributed by atoms with E-state index in [1.807, 2.05) is 22.8 Å². The highest BCUT2D eigenvalue weighted by Crippen LogP contribution is 2.46. The number of imidazole rings is 1. The zero-order valence-corrected chi connectivity index (χ0v) is 21.0. The van der Waals surface area contributed by atoms with Crippen LogP contribution in [-0.4, -0.2) is 48.4 Å². The van der Waals surface area contributed by atoms with E-state index in [0.29, 0.717) is 39.7 Å². The number of rotatable bonds is 4. The Hall–Kier alpha value is -5.33. The van der Waals surface area contributed by atoms with Gasteiger partial charge in [0, 0.05) is 41.4 Å². The molecule has 1 atom stereocenters. The summed E-state index contributed by atoms with van der Waals surface area (Å²) in [6.45, 7) is 0.631. The number of aromatic nitrogens is 5. The van der Waals surface area contributed by atoms with Gasteiger partial charge in [-0.3, -0.25) is 10.2 Å². The molecule has 4 N–H and O–H groups in total. The molecule has 0 saturated heterocycles. The molecule has 1 amide bonds. The molecule has 0 radical (unpaired) electrons. The summed E-state index contributed by atoms with van der Waals surface area (Å²) in [5, 5.41) is 20.7. The third-order valence-corrected chi connectivity index (χ3v) is 7.32. The maximum Gasteiger partial charge on any atom is 0.573 e. The van der Waals surface area contributed by atoms with Crippen molar-refractivity contribution in [3.05, 3.63) is 84.0 Å². The number of aromatic amines is 2. The van der Waals surface area contributed by atoms with Crippen LogP contribution in [0.3, 0.4) is 0 Å². The van der Waals surface area contributed by atoms with Crippen molar-refractivity contribution in [2.45, 2.75) is 18.8 Å². The van der Waals surface area contributed by atoms with Crippen molar-refractivity contribution >= 4 is 44.4 Å². The number of nitrogens with one attached hydrogen (secondary N) is 3. The summed E-state index contributed by atoms with van der Waals surface area (Å²) in [5.41, 5.74) is 3.13. The Morgan fingerprint density at radius 2 is 1.93 bits per heavy atom. The lowest BCUT2D eigenvalue weighted by Gasteiger charge is -2.18. The summed E-state index contributed by atoms with van der Waals surface area (Å²) in [5.74, 6) is -1.02. The lowest BCUT2D eigenvalue weighted by Crippen LogP contribution is -2.31. The molecule has 3 aromatic heterocycles. The van der Waals surface area contributed by atoms with Crippen molar-refractivity contribution in [3.63, 3.8) is 0 Å². The first-order valence-electron chi connectivity index (χ1n) is 12.5. The zero-order chi connectivity index (χ0) is 28.5. The second-order valence-electron chi connectivity index (χ2n) is 9.81. The Bertz CT molecular complexity index is 2060. The van der Waals surface area contributed by atoms with E-state index in [-0.39, 0.29) is 35.1 Å². The van der Waals surface area contributed by atoms with Crippen LogP contribution < -0.4 is 15.1 Å². The molecule has 1 aliphatic rings. The van der Waals surface area contributed by atoms with Gasteiger partial charge >= 0.3 is 6.36 Å². The minimum Gasteiger partial charge on any atom is -0.507 e. The summed E-state index contributed by atoms with van der Waals surface area (Å²) < 4.78 is 44.0. The van der Waals surface area contributed by atoms with Gasteiger partial charge < -0.3 is 29.3 Å². The predicted molar refractivity (Wildman–Crippen MR) is 143 cm³/mol. The molecule has 41 heavy (non-hydrogen) atoms. The zero-order valence-electron chi connectivity index (χ0n) is 21.0. The number of H-pyrrole nitrogens is 2. The van der Waals surface area contributed by atoms with Crippen molar-refractivity contribution in [1.82, 2.24) is 24.5 Å². The fourth-order valence-electron chi connectivity index (χ4n) is 5.63. The lowest BCUT2D eigenvalue weighted by molar-refractivity contribution is -0.274. The molecule has 4 heterocycles. The number of carbonyl (C=O) groups is 1. The number of alkyl halides is 3. The Kier molecular flexibility index (Phi) is 5.33. The number of phenols is 1. The van der Waals surface area contributed by atoms with E-state index in [9.17, 15) is 23.1 Å². The SMILES string of the molecule is N=c1ncn(C[C@@H]2CN(C(=O)c3cc4cc(OC(F)(F)F)ccc4[nH]3)c3cc(O)c4ccccc4c32)c2nc[nH]c12. The number of anilines is 1. The normalized spacial score (nSPS) is 15.2. The van der Waals surface area contributed by atoms with E-state index in [0.717, 1.165) is 10.9 Å². The number of benzene rings is 3. The van der Waals surface area contributed by atoms with Gasteiger partial charge in [0.05, 0.1) is 18.3 Å². The predicted octanol–water partition coefficient (Wildman–Crippen LogP) is 4.92. The average molecular weight is 560 g/mol. The van der Waals surface area contributed by atoms with E-state index in [4.69, 9.17) is 5.41 Å². The van der Waals surface area contributed by atoms with Gasteiger partial charge in [0.1, 0.15) is 22.7 Å². The van der Waals surface area contributed by atoms with Gasteiger partial charge in [-0.25, -0.2) is 9.97 Å². The average Bonchev–Trinajstić information content (AvgIpc) is 3.67. The first kappa shape index (κ1) is 24.7. The van der Waals surface area contributed by atoms with Crippen LogP contribution in [0.15, 0.2) is 67.3 Å².